The van der Waals surface area contributed by atoms with E-state index < -0.39 is 16.5 Å². The van der Waals surface area contributed by atoms with Crippen LogP contribution >= 0.6 is 0 Å². The van der Waals surface area contributed by atoms with E-state index in [9.17, 15) is 19.7 Å². The molecule has 7 heteroatoms. The quantitative estimate of drug-likeness (QED) is 0.297. The molecule has 0 aliphatic rings. The van der Waals surface area contributed by atoms with E-state index in [1.807, 2.05) is 19.1 Å². The normalized spacial score (nSPS) is 10.7. The number of amides is 1. The number of nitrogens with one attached hydrogen (secondary N) is 1. The van der Waals surface area contributed by atoms with Crippen LogP contribution in [0.15, 0.2) is 82.0 Å². The van der Waals surface area contributed by atoms with Gasteiger partial charge >= 0.3 is 5.63 Å². The molecule has 1 amide bonds. The van der Waals surface area contributed by atoms with Crippen LogP contribution < -0.4 is 10.9 Å². The van der Waals surface area contributed by atoms with E-state index in [2.05, 4.69) is 5.32 Å². The minimum absolute atomic E-state index is 0.0283. The number of rotatable bonds is 4. The molecule has 0 radical (unpaired) electrons. The van der Waals surface area contributed by atoms with Gasteiger partial charge < -0.3 is 9.73 Å². The van der Waals surface area contributed by atoms with Crippen molar-refractivity contribution in [2.45, 2.75) is 6.92 Å². The van der Waals surface area contributed by atoms with Gasteiger partial charge in [-0.2, -0.15) is 0 Å². The second-order valence-corrected chi connectivity index (χ2v) is 6.74. The van der Waals surface area contributed by atoms with Gasteiger partial charge in [-0.25, -0.2) is 4.79 Å². The molecule has 0 bridgehead atoms. The molecule has 3 aromatic carbocycles. The molecule has 0 saturated carbocycles. The lowest BCUT2D eigenvalue weighted by Gasteiger charge is -2.10. The fraction of sp³-hybridized carbons (Fsp3) is 0.0435. The van der Waals surface area contributed by atoms with Gasteiger partial charge in [0.1, 0.15) is 11.1 Å². The van der Waals surface area contributed by atoms with Crippen LogP contribution in [-0.4, -0.2) is 10.8 Å². The maximum absolute atomic E-state index is 12.5. The predicted octanol–water partition coefficient (Wildman–Crippen LogP) is 4.93. The van der Waals surface area contributed by atoms with E-state index in [0.717, 1.165) is 10.9 Å². The van der Waals surface area contributed by atoms with Crippen molar-refractivity contribution >= 4 is 28.3 Å². The number of aryl methyl sites for hydroxylation is 1. The summed E-state index contributed by atoms with van der Waals surface area (Å²) in [5.41, 5.74) is 2.07. The van der Waals surface area contributed by atoms with Crippen molar-refractivity contribution in [3.05, 3.63) is 104 Å². The number of carbonyl (C=O) groups is 1. The molecule has 0 fully saturated rings. The van der Waals surface area contributed by atoms with Crippen LogP contribution in [0.5, 0.6) is 0 Å². The second kappa shape index (κ2) is 7.63. The van der Waals surface area contributed by atoms with Crippen LogP contribution in [0.4, 0.5) is 11.4 Å². The zero-order valence-corrected chi connectivity index (χ0v) is 15.9. The summed E-state index contributed by atoms with van der Waals surface area (Å²) in [6, 6.07) is 19.8. The predicted molar refractivity (Wildman–Crippen MR) is 114 cm³/mol. The smallest absolute Gasteiger partial charge is 0.344 e. The van der Waals surface area contributed by atoms with E-state index in [1.54, 1.807) is 42.5 Å². The lowest BCUT2D eigenvalue weighted by atomic mass is 10.0. The van der Waals surface area contributed by atoms with E-state index >= 15 is 0 Å². The Balaban J connectivity index is 1.66. The molecule has 0 aliphatic heterocycles. The molecule has 1 N–H and O–H groups in total. The Morgan fingerprint density at radius 3 is 2.47 bits per heavy atom. The number of fused-ring (bicyclic) bond motifs is 1. The molecule has 0 saturated heterocycles. The highest BCUT2D eigenvalue weighted by Crippen LogP contribution is 2.27. The summed E-state index contributed by atoms with van der Waals surface area (Å²) in [4.78, 5) is 35.5. The van der Waals surface area contributed by atoms with Crippen molar-refractivity contribution < 1.29 is 14.1 Å². The van der Waals surface area contributed by atoms with Gasteiger partial charge in [-0.15, -0.1) is 0 Å². The summed E-state index contributed by atoms with van der Waals surface area (Å²) in [7, 11) is 0. The number of para-hydroxylation sites is 2. The third-order valence-corrected chi connectivity index (χ3v) is 4.76. The molecular formula is C23H16N2O5. The van der Waals surface area contributed by atoms with Gasteiger partial charge in [-0.1, -0.05) is 36.4 Å². The number of anilines is 1. The van der Waals surface area contributed by atoms with Crippen molar-refractivity contribution in [2.75, 3.05) is 5.32 Å². The maximum atomic E-state index is 12.5. The standard InChI is InChI=1S/C23H16N2O5/c1-14-12-16(24-22(26)18-7-3-4-8-20(18)25(28)29)10-11-17(14)19-13-15-6-2-5-9-21(15)30-23(19)27/h2-13H,1H3,(H,24,26). The fourth-order valence-electron chi connectivity index (χ4n) is 3.32. The van der Waals surface area contributed by atoms with Gasteiger partial charge in [0.05, 0.1) is 10.5 Å². The number of hydrogen-bond donors (Lipinski definition) is 1. The van der Waals surface area contributed by atoms with E-state index in [4.69, 9.17) is 4.42 Å². The van der Waals surface area contributed by atoms with Crippen molar-refractivity contribution in [1.82, 2.24) is 0 Å². The average Bonchev–Trinajstić information content (AvgIpc) is 2.73. The average molecular weight is 400 g/mol. The topological polar surface area (TPSA) is 102 Å². The van der Waals surface area contributed by atoms with Crippen molar-refractivity contribution in [3.63, 3.8) is 0 Å². The number of benzene rings is 3. The van der Waals surface area contributed by atoms with Gasteiger partial charge in [0.15, 0.2) is 0 Å². The van der Waals surface area contributed by atoms with Crippen LogP contribution in [0.3, 0.4) is 0 Å². The SMILES string of the molecule is Cc1cc(NC(=O)c2ccccc2[N+](=O)[O-])ccc1-c1cc2ccccc2oc1=O. The molecule has 0 aliphatic carbocycles. The zero-order valence-electron chi connectivity index (χ0n) is 15.9. The molecular weight excluding hydrogens is 384 g/mol. The van der Waals surface area contributed by atoms with Crippen LogP contribution in [0.1, 0.15) is 15.9 Å². The molecule has 7 nitrogen and oxygen atoms in total. The van der Waals surface area contributed by atoms with Crippen LogP contribution in [0.25, 0.3) is 22.1 Å². The number of carbonyl (C=O) groups excluding carboxylic acids is 1. The van der Waals surface area contributed by atoms with Gasteiger partial charge in [0.25, 0.3) is 11.6 Å². The molecule has 4 rings (SSSR count). The molecule has 0 spiro atoms. The fourth-order valence-corrected chi connectivity index (χ4v) is 3.32. The molecule has 0 atom stereocenters. The second-order valence-electron chi connectivity index (χ2n) is 6.74. The minimum Gasteiger partial charge on any atom is -0.422 e. The zero-order chi connectivity index (χ0) is 21.3. The summed E-state index contributed by atoms with van der Waals surface area (Å²) in [5.74, 6) is -0.584. The Hall–Kier alpha value is -4.26. The summed E-state index contributed by atoms with van der Waals surface area (Å²) in [5, 5.41) is 14.6. The number of nitro benzene ring substituents is 1. The third kappa shape index (κ3) is 3.56. The van der Waals surface area contributed by atoms with Crippen LogP contribution in [-0.2, 0) is 0 Å². The molecule has 148 valence electrons. The van der Waals surface area contributed by atoms with Crippen LogP contribution in [0, 0.1) is 17.0 Å². The monoisotopic (exact) mass is 400 g/mol. The molecule has 4 aromatic rings. The first-order valence-corrected chi connectivity index (χ1v) is 9.13. The summed E-state index contributed by atoms with van der Waals surface area (Å²) in [6.07, 6.45) is 0. The third-order valence-electron chi connectivity index (χ3n) is 4.76. The maximum Gasteiger partial charge on any atom is 0.344 e. The minimum atomic E-state index is -0.595. The molecule has 1 aromatic heterocycles. The Morgan fingerprint density at radius 1 is 0.967 bits per heavy atom. The summed E-state index contributed by atoms with van der Waals surface area (Å²) >= 11 is 0. The molecule has 30 heavy (non-hydrogen) atoms. The van der Waals surface area contributed by atoms with Crippen LogP contribution in [0.2, 0.25) is 0 Å². The van der Waals surface area contributed by atoms with E-state index in [-0.39, 0.29) is 11.3 Å². The Morgan fingerprint density at radius 2 is 1.70 bits per heavy atom. The van der Waals surface area contributed by atoms with E-state index in [1.165, 1.54) is 18.2 Å². The first-order chi connectivity index (χ1) is 14.4. The van der Waals surface area contributed by atoms with Gasteiger partial charge in [0.2, 0.25) is 0 Å². The molecule has 1 heterocycles. The lowest BCUT2D eigenvalue weighted by Crippen LogP contribution is -2.14. The lowest BCUT2D eigenvalue weighted by molar-refractivity contribution is -0.385. The summed E-state index contributed by atoms with van der Waals surface area (Å²) in [6.45, 7) is 1.81. The van der Waals surface area contributed by atoms with E-state index in [0.29, 0.717) is 22.4 Å². The first kappa shape index (κ1) is 19.1. The number of nitro groups is 1. The highest BCUT2D eigenvalue weighted by Gasteiger charge is 2.19. The van der Waals surface area contributed by atoms with Crippen molar-refractivity contribution in [1.29, 1.82) is 0 Å². The Bertz CT molecular complexity index is 1360. The van der Waals surface area contributed by atoms with Gasteiger partial charge in [-0.3, -0.25) is 14.9 Å². The largest absolute Gasteiger partial charge is 0.422 e. The highest BCUT2D eigenvalue weighted by molar-refractivity contribution is 6.07. The Kier molecular flexibility index (Phi) is 4.85. The van der Waals surface area contributed by atoms with Crippen molar-refractivity contribution in [2.24, 2.45) is 0 Å². The van der Waals surface area contributed by atoms with Gasteiger partial charge in [-0.05, 0) is 48.4 Å². The summed E-state index contributed by atoms with van der Waals surface area (Å²) < 4.78 is 5.40. The highest BCUT2D eigenvalue weighted by atomic mass is 16.6. The number of hydrogen-bond acceptors (Lipinski definition) is 5. The molecule has 0 unspecified atom stereocenters. The number of nitrogens with zero attached hydrogens (tertiary/aromatic N) is 1. The van der Waals surface area contributed by atoms with Gasteiger partial charge in [0, 0.05) is 17.1 Å². The Labute approximate surface area is 170 Å². The van der Waals surface area contributed by atoms with Crippen molar-refractivity contribution in [3.8, 4) is 11.1 Å². The first-order valence-electron chi connectivity index (χ1n) is 9.13.